The van der Waals surface area contributed by atoms with Crippen molar-refractivity contribution in [1.29, 1.82) is 0 Å². The summed E-state index contributed by atoms with van der Waals surface area (Å²) in [5.41, 5.74) is 5.92. The van der Waals surface area contributed by atoms with Crippen LogP contribution in [0.15, 0.2) is 83.7 Å². The molecule has 116 valence electrons. The minimum Gasteiger partial charge on any atom is -0.354 e. The molecule has 0 saturated carbocycles. The summed E-state index contributed by atoms with van der Waals surface area (Å²) in [6.45, 7) is 1.88. The molecule has 2 heteroatoms. The first-order valence-corrected chi connectivity index (χ1v) is 8.01. The van der Waals surface area contributed by atoms with Crippen LogP contribution in [0.2, 0.25) is 0 Å². The van der Waals surface area contributed by atoms with E-state index in [1.807, 2.05) is 61.5 Å². The van der Waals surface area contributed by atoms with Crippen LogP contribution in [-0.2, 0) is 0 Å². The zero-order valence-electron chi connectivity index (χ0n) is 13.4. The van der Waals surface area contributed by atoms with Gasteiger partial charge in [-0.25, -0.2) is 0 Å². The van der Waals surface area contributed by atoms with Crippen LogP contribution in [0.5, 0.6) is 0 Å². The summed E-state index contributed by atoms with van der Waals surface area (Å²) in [6.07, 6.45) is 0. The highest BCUT2D eigenvalue weighted by atomic mass is 16.1. The van der Waals surface area contributed by atoms with E-state index in [4.69, 9.17) is 0 Å². The van der Waals surface area contributed by atoms with E-state index in [1.54, 1.807) is 0 Å². The minimum atomic E-state index is 0.0875. The molecule has 0 amide bonds. The van der Waals surface area contributed by atoms with Crippen molar-refractivity contribution >= 4 is 10.9 Å². The minimum absolute atomic E-state index is 0.0875. The van der Waals surface area contributed by atoms with E-state index in [0.717, 1.165) is 33.3 Å². The van der Waals surface area contributed by atoms with Crippen LogP contribution in [0.4, 0.5) is 0 Å². The highest BCUT2D eigenvalue weighted by Crippen LogP contribution is 2.27. The second-order valence-corrected chi connectivity index (χ2v) is 5.95. The number of benzene rings is 3. The van der Waals surface area contributed by atoms with Gasteiger partial charge >= 0.3 is 0 Å². The van der Waals surface area contributed by atoms with Crippen molar-refractivity contribution in [2.75, 3.05) is 0 Å². The zero-order valence-corrected chi connectivity index (χ0v) is 13.4. The second-order valence-electron chi connectivity index (χ2n) is 5.95. The van der Waals surface area contributed by atoms with E-state index in [9.17, 15) is 4.79 Å². The summed E-state index contributed by atoms with van der Waals surface area (Å²) in [4.78, 5) is 16.1. The lowest BCUT2D eigenvalue weighted by Gasteiger charge is -2.10. The summed E-state index contributed by atoms with van der Waals surface area (Å²) in [5.74, 6) is 0. The van der Waals surface area contributed by atoms with Crippen molar-refractivity contribution < 1.29 is 0 Å². The Labute approximate surface area is 140 Å². The molecule has 1 heterocycles. The summed E-state index contributed by atoms with van der Waals surface area (Å²) >= 11 is 0. The Morgan fingerprint density at radius 1 is 0.708 bits per heavy atom. The summed E-state index contributed by atoms with van der Waals surface area (Å²) < 4.78 is 0. The third-order valence-electron chi connectivity index (χ3n) is 4.41. The maximum absolute atomic E-state index is 12.7. The van der Waals surface area contributed by atoms with E-state index in [-0.39, 0.29) is 5.43 Å². The third-order valence-corrected chi connectivity index (χ3v) is 4.41. The SMILES string of the molecule is Cc1c(-c2cccc(-c3ccccc3)c2)[nH]c2ccccc2c1=O. The van der Waals surface area contributed by atoms with Gasteiger partial charge in [-0.05, 0) is 41.8 Å². The molecule has 1 aromatic heterocycles. The molecular weight excluding hydrogens is 294 g/mol. The first-order chi connectivity index (χ1) is 11.7. The number of hydrogen-bond acceptors (Lipinski definition) is 1. The monoisotopic (exact) mass is 311 g/mol. The first-order valence-electron chi connectivity index (χ1n) is 8.01. The molecular formula is C22H17NO. The molecule has 0 unspecified atom stereocenters. The van der Waals surface area contributed by atoms with Gasteiger partial charge in [-0.15, -0.1) is 0 Å². The molecule has 0 aliphatic heterocycles. The van der Waals surface area contributed by atoms with Crippen LogP contribution in [-0.4, -0.2) is 4.98 Å². The summed E-state index contributed by atoms with van der Waals surface area (Å²) in [6, 6.07) is 26.2. The fraction of sp³-hybridized carbons (Fsp3) is 0.0455. The van der Waals surface area contributed by atoms with Crippen molar-refractivity contribution in [3.63, 3.8) is 0 Å². The van der Waals surface area contributed by atoms with Gasteiger partial charge in [0.05, 0.1) is 5.69 Å². The Bertz CT molecular complexity index is 1080. The number of rotatable bonds is 2. The Kier molecular flexibility index (Phi) is 3.51. The van der Waals surface area contributed by atoms with Crippen LogP contribution in [0.3, 0.4) is 0 Å². The van der Waals surface area contributed by atoms with Crippen LogP contribution in [0, 0.1) is 6.92 Å². The van der Waals surface area contributed by atoms with Gasteiger partial charge in [-0.3, -0.25) is 4.79 Å². The Hall–Kier alpha value is -3.13. The van der Waals surface area contributed by atoms with E-state index in [0.29, 0.717) is 0 Å². The Morgan fingerprint density at radius 3 is 2.21 bits per heavy atom. The van der Waals surface area contributed by atoms with Gasteiger partial charge in [-0.1, -0.05) is 60.7 Å². The molecule has 0 atom stereocenters. The number of aromatic nitrogens is 1. The van der Waals surface area contributed by atoms with Gasteiger partial charge < -0.3 is 4.98 Å². The van der Waals surface area contributed by atoms with Crippen molar-refractivity contribution in [3.8, 4) is 22.4 Å². The standard InChI is InChI=1S/C22H17NO/c1-15-21(23-20-13-6-5-12-19(20)22(15)24)18-11-7-10-17(14-18)16-8-3-2-4-9-16/h2-14H,1H3,(H,23,24). The average molecular weight is 311 g/mol. The maximum Gasteiger partial charge on any atom is 0.192 e. The van der Waals surface area contributed by atoms with Crippen molar-refractivity contribution in [1.82, 2.24) is 4.98 Å². The summed E-state index contributed by atoms with van der Waals surface area (Å²) in [7, 11) is 0. The number of aromatic amines is 1. The predicted molar refractivity (Wildman–Crippen MR) is 100 cm³/mol. The van der Waals surface area contributed by atoms with E-state index >= 15 is 0 Å². The molecule has 0 saturated heterocycles. The largest absolute Gasteiger partial charge is 0.354 e. The average Bonchev–Trinajstić information content (AvgIpc) is 2.65. The molecule has 0 radical (unpaired) electrons. The van der Waals surface area contributed by atoms with Crippen molar-refractivity contribution in [3.05, 3.63) is 94.6 Å². The van der Waals surface area contributed by atoms with Gasteiger partial charge in [0.1, 0.15) is 0 Å². The lowest BCUT2D eigenvalue weighted by molar-refractivity contribution is 1.30. The molecule has 24 heavy (non-hydrogen) atoms. The molecule has 4 aromatic rings. The number of fused-ring (bicyclic) bond motifs is 1. The predicted octanol–water partition coefficient (Wildman–Crippen LogP) is 5.17. The molecule has 0 fully saturated rings. The number of para-hydroxylation sites is 1. The topological polar surface area (TPSA) is 32.9 Å². The van der Waals surface area contributed by atoms with Crippen LogP contribution >= 0.6 is 0 Å². The lowest BCUT2D eigenvalue weighted by atomic mass is 9.99. The van der Waals surface area contributed by atoms with Gasteiger partial charge in [0.15, 0.2) is 5.43 Å². The van der Waals surface area contributed by atoms with Gasteiger partial charge in [-0.2, -0.15) is 0 Å². The summed E-state index contributed by atoms with van der Waals surface area (Å²) in [5, 5.41) is 0.734. The first kappa shape index (κ1) is 14.5. The molecule has 1 N–H and O–H groups in total. The third kappa shape index (κ3) is 2.42. The van der Waals surface area contributed by atoms with Crippen LogP contribution < -0.4 is 5.43 Å². The van der Waals surface area contributed by atoms with Crippen LogP contribution in [0.1, 0.15) is 5.56 Å². The number of pyridine rings is 1. The van der Waals surface area contributed by atoms with Gasteiger partial charge in [0.2, 0.25) is 0 Å². The van der Waals surface area contributed by atoms with Gasteiger partial charge in [0.25, 0.3) is 0 Å². The normalized spacial score (nSPS) is 10.9. The van der Waals surface area contributed by atoms with Crippen LogP contribution in [0.25, 0.3) is 33.3 Å². The van der Waals surface area contributed by atoms with Gasteiger partial charge in [0, 0.05) is 16.5 Å². The Morgan fingerprint density at radius 2 is 1.38 bits per heavy atom. The second kappa shape index (κ2) is 5.82. The molecule has 2 nitrogen and oxygen atoms in total. The molecule has 0 aliphatic rings. The number of hydrogen-bond donors (Lipinski definition) is 1. The fourth-order valence-electron chi connectivity index (χ4n) is 3.11. The van der Waals surface area contributed by atoms with Crippen molar-refractivity contribution in [2.24, 2.45) is 0 Å². The molecule has 3 aromatic carbocycles. The quantitative estimate of drug-likeness (QED) is 0.544. The molecule has 4 rings (SSSR count). The van der Waals surface area contributed by atoms with E-state index < -0.39 is 0 Å². The highest BCUT2D eigenvalue weighted by molar-refractivity contribution is 5.84. The van der Waals surface area contributed by atoms with Crippen molar-refractivity contribution in [2.45, 2.75) is 6.92 Å². The maximum atomic E-state index is 12.7. The molecule has 0 spiro atoms. The fourth-order valence-corrected chi connectivity index (χ4v) is 3.11. The number of H-pyrrole nitrogens is 1. The highest BCUT2D eigenvalue weighted by Gasteiger charge is 2.10. The van der Waals surface area contributed by atoms with E-state index in [2.05, 4.69) is 29.2 Å². The zero-order chi connectivity index (χ0) is 16.5. The molecule has 0 bridgehead atoms. The Balaban J connectivity index is 1.93. The molecule has 0 aliphatic carbocycles. The van der Waals surface area contributed by atoms with E-state index in [1.165, 1.54) is 5.56 Å². The smallest absolute Gasteiger partial charge is 0.192 e. The number of nitrogens with one attached hydrogen (secondary N) is 1. The lowest BCUT2D eigenvalue weighted by Crippen LogP contribution is -2.09.